The predicted octanol–water partition coefficient (Wildman–Crippen LogP) is 3.83. The second kappa shape index (κ2) is 7.72. The van der Waals surface area contributed by atoms with Crippen molar-refractivity contribution >= 4 is 5.91 Å². The number of hydrogen-bond acceptors (Lipinski definition) is 2. The first kappa shape index (κ1) is 19.0. The summed E-state index contributed by atoms with van der Waals surface area (Å²) in [6.07, 6.45) is 1.52. The minimum Gasteiger partial charge on any atom is -0.475 e. The van der Waals surface area contributed by atoms with Gasteiger partial charge in [-0.05, 0) is 25.0 Å². The standard InChI is InChI=1S/C17H16F5NO2/c1-2-7-25-15-12(18)8-10(9-13(15)19)16(24)23-14-6-4-3-5-11(14)17(20,21)22/h1,8-9,11,14H,3-7H2,(H,23,24)/t11-,14+/m1/s1. The van der Waals surface area contributed by atoms with Crippen LogP contribution in [0.1, 0.15) is 36.0 Å². The third-order valence-corrected chi connectivity index (χ3v) is 4.06. The largest absolute Gasteiger partial charge is 0.475 e. The van der Waals surface area contributed by atoms with Crippen LogP contribution in [0, 0.1) is 29.9 Å². The Balaban J connectivity index is 2.16. The second-order valence-electron chi connectivity index (χ2n) is 5.77. The van der Waals surface area contributed by atoms with Crippen LogP contribution >= 0.6 is 0 Å². The van der Waals surface area contributed by atoms with Crippen molar-refractivity contribution < 1.29 is 31.5 Å². The van der Waals surface area contributed by atoms with E-state index in [9.17, 15) is 26.7 Å². The molecule has 136 valence electrons. The average Bonchev–Trinajstić information content (AvgIpc) is 2.53. The highest BCUT2D eigenvalue weighted by Gasteiger charge is 2.46. The van der Waals surface area contributed by atoms with Gasteiger partial charge in [0.1, 0.15) is 6.61 Å². The summed E-state index contributed by atoms with van der Waals surface area (Å²) in [5.41, 5.74) is -0.422. The van der Waals surface area contributed by atoms with Gasteiger partial charge < -0.3 is 10.1 Å². The number of nitrogens with one attached hydrogen (secondary N) is 1. The summed E-state index contributed by atoms with van der Waals surface area (Å²) in [7, 11) is 0. The number of halogens is 5. The molecule has 0 spiro atoms. The maximum Gasteiger partial charge on any atom is 0.393 e. The van der Waals surface area contributed by atoms with Crippen LogP contribution in [0.25, 0.3) is 0 Å². The summed E-state index contributed by atoms with van der Waals surface area (Å²) < 4.78 is 71.5. The molecule has 1 aromatic carbocycles. The molecule has 3 nitrogen and oxygen atoms in total. The SMILES string of the molecule is C#CCOc1c(F)cc(C(=O)N[C@H]2CCCC[C@H]2C(F)(F)F)cc1F. The third kappa shape index (κ3) is 4.62. The van der Waals surface area contributed by atoms with Crippen LogP contribution < -0.4 is 10.1 Å². The van der Waals surface area contributed by atoms with Gasteiger partial charge in [0.05, 0.1) is 5.92 Å². The number of rotatable bonds is 4. The molecule has 8 heteroatoms. The van der Waals surface area contributed by atoms with Gasteiger partial charge in [0.2, 0.25) is 0 Å². The summed E-state index contributed by atoms with van der Waals surface area (Å²) >= 11 is 0. The van der Waals surface area contributed by atoms with E-state index in [4.69, 9.17) is 11.2 Å². The van der Waals surface area contributed by atoms with Crippen molar-refractivity contribution in [1.82, 2.24) is 5.32 Å². The molecule has 0 bridgehead atoms. The van der Waals surface area contributed by atoms with Gasteiger partial charge in [-0.1, -0.05) is 18.8 Å². The number of alkyl halides is 3. The van der Waals surface area contributed by atoms with E-state index in [1.165, 1.54) is 0 Å². The molecule has 0 radical (unpaired) electrons. The minimum atomic E-state index is -4.44. The number of terminal acetylenes is 1. The molecule has 1 fully saturated rings. The Hall–Kier alpha value is -2.30. The minimum absolute atomic E-state index is 0.0873. The lowest BCUT2D eigenvalue weighted by Gasteiger charge is -2.33. The summed E-state index contributed by atoms with van der Waals surface area (Å²) in [5, 5.41) is 2.24. The molecule has 2 atom stereocenters. The van der Waals surface area contributed by atoms with Gasteiger partial charge in [0.15, 0.2) is 17.4 Å². The zero-order valence-corrected chi connectivity index (χ0v) is 13.1. The molecule has 1 aromatic rings. The average molecular weight is 361 g/mol. The topological polar surface area (TPSA) is 38.3 Å². The monoisotopic (exact) mass is 361 g/mol. The summed E-state index contributed by atoms with van der Waals surface area (Å²) in [6, 6.07) is 0.287. The van der Waals surface area contributed by atoms with Crippen LogP contribution in [0.15, 0.2) is 12.1 Å². The first-order valence-corrected chi connectivity index (χ1v) is 7.67. The predicted molar refractivity (Wildman–Crippen MR) is 80.0 cm³/mol. The van der Waals surface area contributed by atoms with Crippen LogP contribution in [0.4, 0.5) is 22.0 Å². The fraction of sp³-hybridized carbons (Fsp3) is 0.471. The molecule has 0 saturated heterocycles. The van der Waals surface area contributed by atoms with Crippen LogP contribution in [-0.4, -0.2) is 24.7 Å². The molecule has 1 saturated carbocycles. The Bertz CT molecular complexity index is 658. The Kier molecular flexibility index (Phi) is 5.88. The maximum absolute atomic E-state index is 13.8. The van der Waals surface area contributed by atoms with Crippen molar-refractivity contribution in [3.63, 3.8) is 0 Å². The van der Waals surface area contributed by atoms with E-state index in [2.05, 4.69) is 5.32 Å². The molecule has 1 aliphatic rings. The lowest BCUT2D eigenvalue weighted by molar-refractivity contribution is -0.187. The van der Waals surface area contributed by atoms with Crippen LogP contribution in [0.3, 0.4) is 0 Å². The third-order valence-electron chi connectivity index (χ3n) is 4.06. The van der Waals surface area contributed by atoms with Gasteiger partial charge in [-0.2, -0.15) is 13.2 Å². The van der Waals surface area contributed by atoms with E-state index in [-0.39, 0.29) is 19.4 Å². The van der Waals surface area contributed by atoms with Gasteiger partial charge in [0.25, 0.3) is 5.91 Å². The Morgan fingerprint density at radius 2 is 1.84 bits per heavy atom. The summed E-state index contributed by atoms with van der Waals surface area (Å²) in [5.74, 6) is -3.65. The highest BCUT2D eigenvalue weighted by atomic mass is 19.4. The van der Waals surface area contributed by atoms with Crippen molar-refractivity contribution in [2.24, 2.45) is 5.92 Å². The Morgan fingerprint density at radius 3 is 2.40 bits per heavy atom. The van der Waals surface area contributed by atoms with Gasteiger partial charge in [0, 0.05) is 11.6 Å². The van der Waals surface area contributed by atoms with Crippen molar-refractivity contribution in [2.75, 3.05) is 6.61 Å². The van der Waals surface area contributed by atoms with E-state index < -0.39 is 47.0 Å². The molecule has 0 unspecified atom stereocenters. The number of benzene rings is 1. The lowest BCUT2D eigenvalue weighted by atomic mass is 9.84. The molecular formula is C17H16F5NO2. The molecule has 0 aromatic heterocycles. The zero-order chi connectivity index (χ0) is 18.6. The molecule has 2 rings (SSSR count). The summed E-state index contributed by atoms with van der Waals surface area (Å²) in [4.78, 5) is 12.1. The van der Waals surface area contributed by atoms with Crippen LogP contribution in [0.5, 0.6) is 5.75 Å². The smallest absolute Gasteiger partial charge is 0.393 e. The summed E-state index contributed by atoms with van der Waals surface area (Å²) in [6.45, 7) is -0.366. The first-order valence-electron chi connectivity index (χ1n) is 7.67. The quantitative estimate of drug-likeness (QED) is 0.654. The van der Waals surface area contributed by atoms with Crippen molar-refractivity contribution in [2.45, 2.75) is 37.9 Å². The van der Waals surface area contributed by atoms with Crippen molar-refractivity contribution in [3.05, 3.63) is 29.3 Å². The Morgan fingerprint density at radius 1 is 1.24 bits per heavy atom. The van der Waals surface area contributed by atoms with Crippen molar-refractivity contribution in [3.8, 4) is 18.1 Å². The van der Waals surface area contributed by atoms with E-state index in [1.54, 1.807) is 0 Å². The second-order valence-corrected chi connectivity index (χ2v) is 5.77. The van der Waals surface area contributed by atoms with Gasteiger partial charge in [-0.3, -0.25) is 4.79 Å². The van der Waals surface area contributed by atoms with E-state index in [0.717, 1.165) is 0 Å². The first-order chi connectivity index (χ1) is 11.7. The molecule has 1 amide bonds. The van der Waals surface area contributed by atoms with E-state index >= 15 is 0 Å². The van der Waals surface area contributed by atoms with Gasteiger partial charge in [-0.25, -0.2) is 8.78 Å². The molecule has 25 heavy (non-hydrogen) atoms. The molecule has 0 aliphatic heterocycles. The number of ether oxygens (including phenoxy) is 1. The van der Waals surface area contributed by atoms with Crippen LogP contribution in [0.2, 0.25) is 0 Å². The number of amides is 1. The highest BCUT2D eigenvalue weighted by Crippen LogP contribution is 2.37. The number of carbonyl (C=O) groups is 1. The molecule has 1 N–H and O–H groups in total. The maximum atomic E-state index is 13.8. The fourth-order valence-electron chi connectivity index (χ4n) is 2.89. The highest BCUT2D eigenvalue weighted by molar-refractivity contribution is 5.94. The van der Waals surface area contributed by atoms with E-state index in [1.807, 2.05) is 5.92 Å². The van der Waals surface area contributed by atoms with Crippen LogP contribution in [-0.2, 0) is 0 Å². The van der Waals surface area contributed by atoms with Gasteiger partial charge in [-0.15, -0.1) is 6.42 Å². The fourth-order valence-corrected chi connectivity index (χ4v) is 2.89. The Labute approximate surface area is 141 Å². The lowest BCUT2D eigenvalue weighted by Crippen LogP contribution is -2.47. The zero-order valence-electron chi connectivity index (χ0n) is 13.1. The van der Waals surface area contributed by atoms with E-state index in [0.29, 0.717) is 25.0 Å². The molecular weight excluding hydrogens is 345 g/mol. The number of carbonyl (C=O) groups excluding carboxylic acids is 1. The number of hydrogen-bond donors (Lipinski definition) is 1. The normalized spacial score (nSPS) is 20.6. The van der Waals surface area contributed by atoms with Gasteiger partial charge >= 0.3 is 6.18 Å². The molecule has 0 heterocycles. The molecule has 1 aliphatic carbocycles. The van der Waals surface area contributed by atoms with Crippen molar-refractivity contribution in [1.29, 1.82) is 0 Å².